The maximum atomic E-state index is 6.12. The Kier molecular flexibility index (Phi) is 6.16. The van der Waals surface area contributed by atoms with E-state index in [0.717, 1.165) is 31.5 Å². The Morgan fingerprint density at radius 3 is 2.40 bits per heavy atom. The lowest BCUT2D eigenvalue weighted by Gasteiger charge is -2.16. The van der Waals surface area contributed by atoms with Gasteiger partial charge in [0.05, 0.1) is 4.47 Å². The predicted octanol–water partition coefficient (Wildman–Crippen LogP) is 6.71. The number of ether oxygens (including phenoxy) is 1. The van der Waals surface area contributed by atoms with E-state index in [0.29, 0.717) is 13.2 Å². The van der Waals surface area contributed by atoms with Crippen molar-refractivity contribution in [3.05, 3.63) is 92.4 Å². The maximum absolute atomic E-state index is 6.12. The van der Waals surface area contributed by atoms with Crippen molar-refractivity contribution in [1.29, 1.82) is 0 Å². The van der Waals surface area contributed by atoms with Crippen molar-refractivity contribution in [2.24, 2.45) is 0 Å². The van der Waals surface area contributed by atoms with Crippen LogP contribution in [0.25, 0.3) is 0 Å². The fourth-order valence-corrected chi connectivity index (χ4v) is 4.03. The van der Waals surface area contributed by atoms with E-state index in [-0.39, 0.29) is 0 Å². The van der Waals surface area contributed by atoms with Gasteiger partial charge in [-0.2, -0.15) is 0 Å². The van der Waals surface area contributed by atoms with Gasteiger partial charge in [-0.1, -0.05) is 64.5 Å². The topological polar surface area (TPSA) is 21.3 Å². The van der Waals surface area contributed by atoms with Crippen molar-refractivity contribution in [3.8, 4) is 5.75 Å². The maximum Gasteiger partial charge on any atom is 0.139 e. The summed E-state index contributed by atoms with van der Waals surface area (Å²) in [4.78, 5) is 0. The van der Waals surface area contributed by atoms with Crippen molar-refractivity contribution < 1.29 is 4.74 Å². The molecule has 0 spiro atoms. The first-order chi connectivity index (χ1) is 12.1. The Bertz CT molecular complexity index is 850. The lowest BCUT2D eigenvalue weighted by Crippen LogP contribution is -2.05. The molecular weight excluding hydrogens is 442 g/mol. The third-order valence-corrected chi connectivity index (χ3v) is 4.97. The molecule has 4 heteroatoms. The summed E-state index contributed by atoms with van der Waals surface area (Å²) in [6.45, 7) is 3.33. The van der Waals surface area contributed by atoms with Crippen LogP contribution in [0.1, 0.15) is 16.7 Å². The van der Waals surface area contributed by atoms with Gasteiger partial charge in [0.1, 0.15) is 12.4 Å². The summed E-state index contributed by atoms with van der Waals surface area (Å²) in [5.41, 5.74) is 4.60. The third kappa shape index (κ3) is 4.86. The van der Waals surface area contributed by atoms with Crippen LogP contribution in [0.4, 0.5) is 5.69 Å². The average molecular weight is 461 g/mol. The minimum Gasteiger partial charge on any atom is -0.487 e. The first-order valence-corrected chi connectivity index (χ1v) is 9.66. The van der Waals surface area contributed by atoms with Crippen molar-refractivity contribution in [2.45, 2.75) is 20.1 Å². The number of halogens is 2. The van der Waals surface area contributed by atoms with E-state index in [1.807, 2.05) is 36.4 Å². The van der Waals surface area contributed by atoms with Crippen molar-refractivity contribution in [2.75, 3.05) is 5.32 Å². The molecule has 3 aromatic rings. The van der Waals surface area contributed by atoms with E-state index in [9.17, 15) is 0 Å². The summed E-state index contributed by atoms with van der Waals surface area (Å²) in [6.07, 6.45) is 0. The summed E-state index contributed by atoms with van der Waals surface area (Å²) in [6, 6.07) is 22.6. The number of rotatable bonds is 6. The molecule has 0 aliphatic carbocycles. The Hall–Kier alpha value is -1.78. The van der Waals surface area contributed by atoms with Gasteiger partial charge in [0.2, 0.25) is 0 Å². The Labute approximate surface area is 165 Å². The van der Waals surface area contributed by atoms with Crippen LogP contribution < -0.4 is 10.1 Å². The molecule has 0 atom stereocenters. The van der Waals surface area contributed by atoms with Gasteiger partial charge in [0.15, 0.2) is 0 Å². The highest BCUT2D eigenvalue weighted by molar-refractivity contribution is 9.11. The van der Waals surface area contributed by atoms with Crippen LogP contribution in [0.2, 0.25) is 0 Å². The number of hydrogen-bond donors (Lipinski definition) is 1. The van der Waals surface area contributed by atoms with E-state index in [1.165, 1.54) is 5.56 Å². The fourth-order valence-electron chi connectivity index (χ4n) is 2.60. The van der Waals surface area contributed by atoms with Crippen LogP contribution in [0.3, 0.4) is 0 Å². The lowest BCUT2D eigenvalue weighted by atomic mass is 10.1. The van der Waals surface area contributed by atoms with Gasteiger partial charge < -0.3 is 10.1 Å². The zero-order valence-corrected chi connectivity index (χ0v) is 17.1. The molecule has 0 fully saturated rings. The smallest absolute Gasteiger partial charge is 0.139 e. The van der Waals surface area contributed by atoms with Gasteiger partial charge in [-0.05, 0) is 52.2 Å². The van der Waals surface area contributed by atoms with Crippen LogP contribution in [0.5, 0.6) is 5.75 Å². The second-order valence-electron chi connectivity index (χ2n) is 5.82. The van der Waals surface area contributed by atoms with Crippen molar-refractivity contribution in [3.63, 3.8) is 0 Å². The minimum absolute atomic E-state index is 0.540. The van der Waals surface area contributed by atoms with Gasteiger partial charge in [-0.3, -0.25) is 0 Å². The molecule has 128 valence electrons. The van der Waals surface area contributed by atoms with E-state index in [2.05, 4.69) is 74.4 Å². The summed E-state index contributed by atoms with van der Waals surface area (Å²) in [5.74, 6) is 0.869. The number of hydrogen-bond acceptors (Lipinski definition) is 2. The normalized spacial score (nSPS) is 10.5. The van der Waals surface area contributed by atoms with Crippen LogP contribution in [0.15, 0.2) is 75.7 Å². The van der Waals surface area contributed by atoms with Crippen LogP contribution in [0, 0.1) is 6.92 Å². The molecule has 0 radical (unpaired) electrons. The molecule has 25 heavy (non-hydrogen) atoms. The van der Waals surface area contributed by atoms with Crippen molar-refractivity contribution >= 4 is 37.5 Å². The largest absolute Gasteiger partial charge is 0.487 e. The first-order valence-electron chi connectivity index (χ1n) is 8.07. The number of para-hydroxylation sites is 1. The van der Waals surface area contributed by atoms with E-state index in [1.54, 1.807) is 0 Å². The molecule has 0 heterocycles. The highest BCUT2D eigenvalue weighted by atomic mass is 79.9. The zero-order valence-electron chi connectivity index (χ0n) is 13.9. The number of benzene rings is 3. The first kappa shape index (κ1) is 18.0. The quantitative estimate of drug-likeness (QED) is 0.441. The van der Waals surface area contributed by atoms with Gasteiger partial charge in [-0.25, -0.2) is 0 Å². The minimum atomic E-state index is 0.540. The van der Waals surface area contributed by atoms with Gasteiger partial charge in [0.25, 0.3) is 0 Å². The van der Waals surface area contributed by atoms with E-state index < -0.39 is 0 Å². The number of anilines is 1. The highest BCUT2D eigenvalue weighted by Gasteiger charge is 2.11. The van der Waals surface area contributed by atoms with Gasteiger partial charge in [-0.15, -0.1) is 0 Å². The standard InChI is InChI=1S/C21H19Br2NO/c1-15-7-5-6-10-20(15)24-13-17-11-18(22)12-19(23)21(17)25-14-16-8-3-2-4-9-16/h2-12,24H,13-14H2,1H3. The molecule has 0 bridgehead atoms. The lowest BCUT2D eigenvalue weighted by molar-refractivity contribution is 0.301. The molecule has 3 rings (SSSR count). The Balaban J connectivity index is 1.79. The number of aryl methyl sites for hydroxylation is 1. The van der Waals surface area contributed by atoms with Gasteiger partial charge in [0, 0.05) is 22.3 Å². The zero-order chi connectivity index (χ0) is 17.6. The molecule has 0 aliphatic heterocycles. The predicted molar refractivity (Wildman–Crippen MR) is 111 cm³/mol. The molecule has 0 aliphatic rings. The van der Waals surface area contributed by atoms with E-state index in [4.69, 9.17) is 4.74 Å². The van der Waals surface area contributed by atoms with Crippen LogP contribution >= 0.6 is 31.9 Å². The second kappa shape index (κ2) is 8.54. The Morgan fingerprint density at radius 1 is 0.920 bits per heavy atom. The van der Waals surface area contributed by atoms with Crippen molar-refractivity contribution in [1.82, 2.24) is 0 Å². The third-order valence-electron chi connectivity index (χ3n) is 3.93. The molecule has 0 saturated carbocycles. The second-order valence-corrected chi connectivity index (χ2v) is 7.59. The van der Waals surface area contributed by atoms with Crippen LogP contribution in [-0.4, -0.2) is 0 Å². The summed E-state index contributed by atoms with van der Waals surface area (Å²) < 4.78 is 8.09. The molecule has 0 amide bonds. The summed E-state index contributed by atoms with van der Waals surface area (Å²) >= 11 is 7.20. The molecule has 2 nitrogen and oxygen atoms in total. The summed E-state index contributed by atoms with van der Waals surface area (Å²) in [5, 5.41) is 3.50. The van der Waals surface area contributed by atoms with Gasteiger partial charge >= 0.3 is 0 Å². The molecule has 0 aromatic heterocycles. The van der Waals surface area contributed by atoms with Crippen LogP contribution in [-0.2, 0) is 13.2 Å². The average Bonchev–Trinajstić information content (AvgIpc) is 2.61. The fraction of sp³-hybridized carbons (Fsp3) is 0.143. The molecule has 0 unspecified atom stereocenters. The molecule has 0 saturated heterocycles. The molecule has 3 aromatic carbocycles. The molecule has 1 N–H and O–H groups in total. The Morgan fingerprint density at radius 2 is 1.64 bits per heavy atom. The number of nitrogens with one attached hydrogen (secondary N) is 1. The monoisotopic (exact) mass is 459 g/mol. The highest BCUT2D eigenvalue weighted by Crippen LogP contribution is 2.34. The molecular formula is C21H19Br2NO. The SMILES string of the molecule is Cc1ccccc1NCc1cc(Br)cc(Br)c1OCc1ccccc1. The summed E-state index contributed by atoms with van der Waals surface area (Å²) in [7, 11) is 0. The van der Waals surface area contributed by atoms with E-state index >= 15 is 0 Å².